The minimum atomic E-state index is -3.65. The molecule has 0 bridgehead atoms. The Balaban J connectivity index is 1.75. The van der Waals surface area contributed by atoms with E-state index in [9.17, 15) is 8.42 Å². The summed E-state index contributed by atoms with van der Waals surface area (Å²) in [5.41, 5.74) is 1.98. The number of para-hydroxylation sites is 1. The van der Waals surface area contributed by atoms with Gasteiger partial charge in [-0.25, -0.2) is 13.4 Å². The molecule has 128 valence electrons. The van der Waals surface area contributed by atoms with Crippen LogP contribution in [-0.2, 0) is 10.0 Å². The summed E-state index contributed by atoms with van der Waals surface area (Å²) in [5.74, 6) is 0.562. The molecular formula is C18H16ClN3O2S. The Hall–Kier alpha value is -2.57. The molecular weight excluding hydrogens is 358 g/mol. The van der Waals surface area contributed by atoms with Crippen LogP contribution in [0.25, 0.3) is 0 Å². The Labute approximate surface area is 151 Å². The number of sulfonamides is 1. The molecule has 0 aliphatic heterocycles. The number of hydrogen-bond donors (Lipinski definition) is 2. The molecule has 1 heterocycles. The molecule has 3 aromatic rings. The molecule has 1 aromatic heterocycles. The topological polar surface area (TPSA) is 71.1 Å². The summed E-state index contributed by atoms with van der Waals surface area (Å²) < 4.78 is 27.3. The lowest BCUT2D eigenvalue weighted by Crippen LogP contribution is -2.13. The van der Waals surface area contributed by atoms with Crippen molar-refractivity contribution in [1.82, 2.24) is 4.98 Å². The molecule has 0 radical (unpaired) electrons. The number of nitrogens with one attached hydrogen (secondary N) is 2. The first-order valence-electron chi connectivity index (χ1n) is 7.51. The molecule has 0 atom stereocenters. The quantitative estimate of drug-likeness (QED) is 0.686. The molecule has 0 amide bonds. The highest BCUT2D eigenvalue weighted by Crippen LogP contribution is 2.24. The maximum atomic E-state index is 12.4. The molecule has 7 heteroatoms. The fourth-order valence-corrected chi connectivity index (χ4v) is 3.56. The van der Waals surface area contributed by atoms with Gasteiger partial charge in [0.2, 0.25) is 0 Å². The van der Waals surface area contributed by atoms with E-state index in [-0.39, 0.29) is 4.90 Å². The monoisotopic (exact) mass is 373 g/mol. The maximum Gasteiger partial charge on any atom is 0.261 e. The van der Waals surface area contributed by atoms with Crippen LogP contribution in [-0.4, -0.2) is 13.4 Å². The summed E-state index contributed by atoms with van der Waals surface area (Å²) in [6, 6.07) is 17.3. The molecule has 5 nitrogen and oxygen atoms in total. The highest BCUT2D eigenvalue weighted by atomic mass is 35.5. The minimum absolute atomic E-state index is 0.214. The van der Waals surface area contributed by atoms with Crippen LogP contribution in [0.5, 0.6) is 0 Å². The molecule has 0 fully saturated rings. The molecule has 25 heavy (non-hydrogen) atoms. The number of hydrogen-bond acceptors (Lipinski definition) is 4. The summed E-state index contributed by atoms with van der Waals surface area (Å²) in [4.78, 5) is 4.43. The normalized spacial score (nSPS) is 11.1. The number of halogens is 1. The van der Waals surface area contributed by atoms with Crippen LogP contribution in [0.4, 0.5) is 17.2 Å². The minimum Gasteiger partial charge on any atom is -0.339 e. The lowest BCUT2D eigenvalue weighted by atomic mass is 10.2. The molecule has 2 aromatic carbocycles. The van der Waals surface area contributed by atoms with Gasteiger partial charge in [-0.1, -0.05) is 35.9 Å². The van der Waals surface area contributed by atoms with Crippen LogP contribution < -0.4 is 10.0 Å². The van der Waals surface area contributed by atoms with Crippen molar-refractivity contribution >= 4 is 38.8 Å². The molecule has 2 N–H and O–H groups in total. The number of benzene rings is 2. The van der Waals surface area contributed by atoms with Gasteiger partial charge >= 0.3 is 0 Å². The predicted octanol–water partition coefficient (Wildman–Crippen LogP) is 4.59. The van der Waals surface area contributed by atoms with Gasteiger partial charge in [0, 0.05) is 0 Å². The van der Waals surface area contributed by atoms with E-state index in [0.29, 0.717) is 16.5 Å². The van der Waals surface area contributed by atoms with E-state index in [1.807, 2.05) is 31.2 Å². The van der Waals surface area contributed by atoms with Gasteiger partial charge in [0.25, 0.3) is 10.0 Å². The maximum absolute atomic E-state index is 12.4. The highest BCUT2D eigenvalue weighted by Gasteiger charge is 2.14. The lowest BCUT2D eigenvalue weighted by molar-refractivity contribution is 0.601. The predicted molar refractivity (Wildman–Crippen MR) is 101 cm³/mol. The van der Waals surface area contributed by atoms with Crippen LogP contribution in [0, 0.1) is 6.92 Å². The summed E-state index contributed by atoms with van der Waals surface area (Å²) in [6.07, 6.45) is 1.45. The van der Waals surface area contributed by atoms with Crippen molar-refractivity contribution in [3.05, 3.63) is 77.4 Å². The smallest absolute Gasteiger partial charge is 0.261 e. The number of rotatable bonds is 5. The van der Waals surface area contributed by atoms with Gasteiger partial charge in [0.05, 0.1) is 27.5 Å². The fraction of sp³-hybridized carbons (Fsp3) is 0.0556. The molecule has 3 rings (SSSR count). The van der Waals surface area contributed by atoms with Crippen LogP contribution in [0.15, 0.2) is 71.8 Å². The van der Waals surface area contributed by atoms with Gasteiger partial charge in [-0.05, 0) is 48.9 Å². The van der Waals surface area contributed by atoms with Crippen molar-refractivity contribution in [3.63, 3.8) is 0 Å². The Bertz CT molecular complexity index is 989. The summed E-state index contributed by atoms with van der Waals surface area (Å²) in [5, 5.41) is 3.66. The second kappa shape index (κ2) is 7.13. The van der Waals surface area contributed by atoms with E-state index in [2.05, 4.69) is 15.0 Å². The largest absolute Gasteiger partial charge is 0.339 e. The first kappa shape index (κ1) is 17.3. The fourth-order valence-electron chi connectivity index (χ4n) is 2.23. The zero-order valence-electron chi connectivity index (χ0n) is 13.4. The van der Waals surface area contributed by atoms with E-state index in [4.69, 9.17) is 11.6 Å². The lowest BCUT2D eigenvalue weighted by Gasteiger charge is -2.10. The first-order chi connectivity index (χ1) is 11.9. The third-order valence-electron chi connectivity index (χ3n) is 3.45. The van der Waals surface area contributed by atoms with Crippen LogP contribution in [0.1, 0.15) is 5.56 Å². The molecule has 0 unspecified atom stereocenters. The zero-order valence-corrected chi connectivity index (χ0v) is 15.0. The van der Waals surface area contributed by atoms with E-state index < -0.39 is 10.0 Å². The van der Waals surface area contributed by atoms with Crippen LogP contribution in [0.3, 0.4) is 0 Å². The van der Waals surface area contributed by atoms with Crippen molar-refractivity contribution in [1.29, 1.82) is 0 Å². The van der Waals surface area contributed by atoms with Crippen molar-refractivity contribution in [2.24, 2.45) is 0 Å². The number of anilines is 3. The summed E-state index contributed by atoms with van der Waals surface area (Å²) in [6.45, 7) is 1.84. The second-order valence-corrected chi connectivity index (χ2v) is 7.55. The molecule has 0 saturated heterocycles. The molecule has 0 aliphatic rings. The van der Waals surface area contributed by atoms with Gasteiger partial charge in [-0.3, -0.25) is 4.72 Å². The van der Waals surface area contributed by atoms with Crippen molar-refractivity contribution < 1.29 is 8.42 Å². The third-order valence-corrected chi connectivity index (χ3v) is 5.16. The van der Waals surface area contributed by atoms with Gasteiger partial charge < -0.3 is 5.32 Å². The third kappa shape index (κ3) is 4.29. The van der Waals surface area contributed by atoms with Gasteiger partial charge in [0.1, 0.15) is 5.82 Å². The average molecular weight is 374 g/mol. The Kier molecular flexibility index (Phi) is 4.92. The van der Waals surface area contributed by atoms with E-state index in [1.54, 1.807) is 36.4 Å². The van der Waals surface area contributed by atoms with Crippen molar-refractivity contribution in [2.45, 2.75) is 11.8 Å². The van der Waals surface area contributed by atoms with Crippen LogP contribution >= 0.6 is 11.6 Å². The summed E-state index contributed by atoms with van der Waals surface area (Å²) in [7, 11) is -3.65. The van der Waals surface area contributed by atoms with E-state index in [0.717, 1.165) is 11.3 Å². The molecule has 0 aliphatic carbocycles. The zero-order chi connectivity index (χ0) is 17.9. The molecule has 0 saturated carbocycles. The Morgan fingerprint density at radius 3 is 2.48 bits per heavy atom. The Morgan fingerprint density at radius 2 is 1.80 bits per heavy atom. The number of pyridine rings is 1. The van der Waals surface area contributed by atoms with Crippen LogP contribution in [0.2, 0.25) is 5.02 Å². The van der Waals surface area contributed by atoms with Gasteiger partial charge in [-0.2, -0.15) is 0 Å². The average Bonchev–Trinajstić information content (AvgIpc) is 2.58. The number of aryl methyl sites for hydroxylation is 1. The molecule has 0 spiro atoms. The highest BCUT2D eigenvalue weighted by molar-refractivity contribution is 7.92. The van der Waals surface area contributed by atoms with Gasteiger partial charge in [-0.15, -0.1) is 0 Å². The van der Waals surface area contributed by atoms with Crippen molar-refractivity contribution in [3.8, 4) is 0 Å². The Morgan fingerprint density at radius 1 is 1.00 bits per heavy atom. The van der Waals surface area contributed by atoms with Gasteiger partial charge in [0.15, 0.2) is 0 Å². The first-order valence-corrected chi connectivity index (χ1v) is 9.37. The number of aromatic nitrogens is 1. The summed E-state index contributed by atoms with van der Waals surface area (Å²) >= 11 is 6.09. The second-order valence-electron chi connectivity index (χ2n) is 5.46. The standard InChI is InChI=1S/C18H16ClN3O2S/c1-13-5-4-6-15(11-13)25(23,24)22-14-9-10-18(20-12-14)21-17-8-3-2-7-16(17)19/h2-12,22H,1H3,(H,20,21). The van der Waals surface area contributed by atoms with E-state index in [1.165, 1.54) is 6.20 Å². The number of nitrogens with zero attached hydrogens (tertiary/aromatic N) is 1. The van der Waals surface area contributed by atoms with E-state index >= 15 is 0 Å². The van der Waals surface area contributed by atoms with Crippen molar-refractivity contribution in [2.75, 3.05) is 10.0 Å². The SMILES string of the molecule is Cc1cccc(S(=O)(=O)Nc2ccc(Nc3ccccc3Cl)nc2)c1.